The highest BCUT2D eigenvalue weighted by molar-refractivity contribution is 7.80. The Morgan fingerprint density at radius 3 is 2.92 bits per heavy atom. The van der Waals surface area contributed by atoms with Gasteiger partial charge in [-0.2, -0.15) is 0 Å². The number of thiol groups is 1. The lowest BCUT2D eigenvalue weighted by atomic mass is 10.1. The fraction of sp³-hybridized carbons (Fsp3) is 0.111. The molecule has 1 aromatic carbocycles. The molecule has 2 rings (SSSR count). The van der Waals surface area contributed by atoms with Crippen LogP contribution in [0.1, 0.15) is 5.56 Å². The smallest absolute Gasteiger partial charge is 0.0688 e. The van der Waals surface area contributed by atoms with E-state index < -0.39 is 0 Å². The van der Waals surface area contributed by atoms with Gasteiger partial charge in [0.25, 0.3) is 0 Å². The van der Waals surface area contributed by atoms with Gasteiger partial charge in [0.2, 0.25) is 0 Å². The summed E-state index contributed by atoms with van der Waals surface area (Å²) in [6.45, 7) is 0.0288. The number of aliphatic hydroxyl groups excluding tert-OH is 1. The van der Waals surface area contributed by atoms with Crippen LogP contribution in [0.4, 0.5) is 5.69 Å². The van der Waals surface area contributed by atoms with E-state index in [0.717, 1.165) is 26.2 Å². The van der Waals surface area contributed by atoms with Crippen LogP contribution in [0, 0.1) is 0 Å². The number of rotatable bonds is 1. The molecule has 4 heteroatoms. The molecule has 0 bridgehead atoms. The van der Waals surface area contributed by atoms with Gasteiger partial charge in [0.05, 0.1) is 11.3 Å². The molecule has 0 spiro atoms. The maximum Gasteiger partial charge on any atom is 0.0688 e. The van der Waals surface area contributed by atoms with Crippen molar-refractivity contribution >= 4 is 39.7 Å². The zero-order valence-corrected chi connectivity index (χ0v) is 8.53. The van der Waals surface area contributed by atoms with Crippen LogP contribution in [0.2, 0.25) is 0 Å². The Kier molecular flexibility index (Phi) is 2.19. The first-order chi connectivity index (χ1) is 6.24. The highest BCUT2D eigenvalue weighted by Crippen LogP contribution is 2.35. The molecular weight excluding hydrogens is 202 g/mol. The van der Waals surface area contributed by atoms with Gasteiger partial charge in [-0.25, -0.2) is 0 Å². The third-order valence-electron chi connectivity index (χ3n) is 1.99. The van der Waals surface area contributed by atoms with Crippen LogP contribution in [-0.4, -0.2) is 5.11 Å². The molecule has 3 N–H and O–H groups in total. The van der Waals surface area contributed by atoms with Crippen molar-refractivity contribution in [3.05, 3.63) is 23.1 Å². The van der Waals surface area contributed by atoms with Crippen LogP contribution in [0.3, 0.4) is 0 Å². The van der Waals surface area contributed by atoms with Gasteiger partial charge in [-0.15, -0.1) is 24.0 Å². The van der Waals surface area contributed by atoms with Gasteiger partial charge in [-0.3, -0.25) is 0 Å². The molecule has 0 aliphatic heterocycles. The summed E-state index contributed by atoms with van der Waals surface area (Å²) < 4.78 is 1.01. The van der Waals surface area contributed by atoms with Crippen molar-refractivity contribution < 1.29 is 5.11 Å². The van der Waals surface area contributed by atoms with Gasteiger partial charge in [0.15, 0.2) is 0 Å². The quantitative estimate of drug-likeness (QED) is 0.500. The van der Waals surface area contributed by atoms with Gasteiger partial charge < -0.3 is 10.8 Å². The summed E-state index contributed by atoms with van der Waals surface area (Å²) in [5, 5.41) is 12.0. The molecule has 13 heavy (non-hydrogen) atoms. The molecule has 0 atom stereocenters. The molecule has 0 amide bonds. The van der Waals surface area contributed by atoms with E-state index in [0.29, 0.717) is 0 Å². The normalized spacial score (nSPS) is 10.9. The van der Waals surface area contributed by atoms with E-state index in [9.17, 15) is 0 Å². The first kappa shape index (κ1) is 8.87. The number of aliphatic hydroxyl groups is 1. The first-order valence-electron chi connectivity index (χ1n) is 3.82. The summed E-state index contributed by atoms with van der Waals surface area (Å²) >= 11 is 5.87. The molecule has 1 aromatic heterocycles. The second kappa shape index (κ2) is 3.21. The van der Waals surface area contributed by atoms with Crippen LogP contribution < -0.4 is 5.73 Å². The Morgan fingerprint density at radius 2 is 2.23 bits per heavy atom. The number of anilines is 1. The maximum atomic E-state index is 9.10. The minimum atomic E-state index is 0.0288. The summed E-state index contributed by atoms with van der Waals surface area (Å²) in [5.41, 5.74) is 7.42. The number of hydrogen-bond donors (Lipinski definition) is 3. The third kappa shape index (κ3) is 1.31. The van der Waals surface area contributed by atoms with E-state index in [1.54, 1.807) is 11.3 Å². The molecule has 1 heterocycles. The molecule has 2 aromatic rings. The van der Waals surface area contributed by atoms with Crippen molar-refractivity contribution in [1.82, 2.24) is 0 Å². The van der Waals surface area contributed by atoms with Gasteiger partial charge in [0.1, 0.15) is 0 Å². The summed E-state index contributed by atoms with van der Waals surface area (Å²) in [6.07, 6.45) is 0. The van der Waals surface area contributed by atoms with E-state index in [4.69, 9.17) is 10.8 Å². The van der Waals surface area contributed by atoms with Crippen LogP contribution in [0.5, 0.6) is 0 Å². The first-order valence-corrected chi connectivity index (χ1v) is 5.15. The predicted molar refractivity (Wildman–Crippen MR) is 59.4 cm³/mol. The van der Waals surface area contributed by atoms with Crippen molar-refractivity contribution in [3.63, 3.8) is 0 Å². The lowest BCUT2D eigenvalue weighted by Gasteiger charge is -2.02. The lowest BCUT2D eigenvalue weighted by molar-refractivity contribution is 0.283. The Hall–Kier alpha value is -0.710. The number of nitrogen functional groups attached to an aromatic ring is 1. The minimum Gasteiger partial charge on any atom is -0.398 e. The molecule has 0 unspecified atom stereocenters. The van der Waals surface area contributed by atoms with E-state index in [2.05, 4.69) is 12.6 Å². The van der Waals surface area contributed by atoms with E-state index in [-0.39, 0.29) is 6.61 Å². The summed E-state index contributed by atoms with van der Waals surface area (Å²) in [4.78, 5) is 0.886. The Morgan fingerprint density at radius 1 is 1.46 bits per heavy atom. The maximum absolute atomic E-state index is 9.10. The fourth-order valence-electron chi connectivity index (χ4n) is 1.35. The number of fused-ring (bicyclic) bond motifs is 1. The molecule has 0 radical (unpaired) electrons. The van der Waals surface area contributed by atoms with Crippen molar-refractivity contribution in [2.75, 3.05) is 5.73 Å². The lowest BCUT2D eigenvalue weighted by Crippen LogP contribution is -1.89. The topological polar surface area (TPSA) is 46.2 Å². The molecule has 0 saturated heterocycles. The average Bonchev–Trinajstić information content (AvgIpc) is 2.51. The molecule has 0 saturated carbocycles. The van der Waals surface area contributed by atoms with Crippen molar-refractivity contribution in [3.8, 4) is 0 Å². The van der Waals surface area contributed by atoms with Crippen LogP contribution >= 0.6 is 24.0 Å². The van der Waals surface area contributed by atoms with E-state index in [1.807, 2.05) is 17.5 Å². The predicted octanol–water partition coefficient (Wildman–Crippen LogP) is 2.26. The molecular formula is C9H9NOS2. The standard InChI is InChI=1S/C9H9NOS2/c10-6-2-1-5(3-11)8-7(12)4-13-9(6)8/h1-2,4,11-12H,3,10H2. The Balaban J connectivity index is 2.88. The van der Waals surface area contributed by atoms with Crippen LogP contribution in [0.15, 0.2) is 22.4 Å². The number of thiophene rings is 1. The molecule has 0 fully saturated rings. The fourth-order valence-corrected chi connectivity index (χ4v) is 2.75. The summed E-state index contributed by atoms with van der Waals surface area (Å²) in [5.74, 6) is 0. The summed E-state index contributed by atoms with van der Waals surface area (Å²) in [6, 6.07) is 3.65. The molecule has 0 aliphatic rings. The Bertz CT molecular complexity index is 450. The van der Waals surface area contributed by atoms with Gasteiger partial charge in [0, 0.05) is 21.3 Å². The second-order valence-corrected chi connectivity index (χ2v) is 4.16. The van der Waals surface area contributed by atoms with E-state index >= 15 is 0 Å². The van der Waals surface area contributed by atoms with Crippen molar-refractivity contribution in [1.29, 1.82) is 0 Å². The molecule has 0 aliphatic carbocycles. The largest absolute Gasteiger partial charge is 0.398 e. The zero-order chi connectivity index (χ0) is 9.42. The average molecular weight is 211 g/mol. The highest BCUT2D eigenvalue weighted by atomic mass is 32.1. The Labute approximate surface area is 85.4 Å². The van der Waals surface area contributed by atoms with Crippen molar-refractivity contribution in [2.24, 2.45) is 0 Å². The monoisotopic (exact) mass is 211 g/mol. The highest BCUT2D eigenvalue weighted by Gasteiger charge is 2.08. The van der Waals surface area contributed by atoms with Gasteiger partial charge >= 0.3 is 0 Å². The summed E-state index contributed by atoms with van der Waals surface area (Å²) in [7, 11) is 0. The second-order valence-electron chi connectivity index (χ2n) is 2.80. The number of hydrogen-bond acceptors (Lipinski definition) is 4. The molecule has 68 valence electrons. The van der Waals surface area contributed by atoms with E-state index in [1.165, 1.54) is 0 Å². The van der Waals surface area contributed by atoms with Gasteiger partial charge in [-0.1, -0.05) is 6.07 Å². The van der Waals surface area contributed by atoms with Gasteiger partial charge in [-0.05, 0) is 11.6 Å². The number of benzene rings is 1. The number of nitrogens with two attached hydrogens (primary N) is 1. The SMILES string of the molecule is Nc1ccc(CO)c2c(S)csc12. The molecule has 2 nitrogen and oxygen atoms in total. The third-order valence-corrected chi connectivity index (χ3v) is 3.55. The van der Waals surface area contributed by atoms with Crippen LogP contribution in [0.25, 0.3) is 10.1 Å². The zero-order valence-electron chi connectivity index (χ0n) is 6.82. The minimum absolute atomic E-state index is 0.0288. The van der Waals surface area contributed by atoms with Crippen LogP contribution in [-0.2, 0) is 6.61 Å². The van der Waals surface area contributed by atoms with Crippen molar-refractivity contribution in [2.45, 2.75) is 11.5 Å².